The van der Waals surface area contributed by atoms with Crippen molar-refractivity contribution in [2.75, 3.05) is 6.61 Å². The Morgan fingerprint density at radius 2 is 2.00 bits per heavy atom. The number of rotatable bonds is 2. The minimum atomic E-state index is 0.617. The van der Waals surface area contributed by atoms with E-state index < -0.39 is 0 Å². The lowest BCUT2D eigenvalue weighted by Gasteiger charge is -2.49. The van der Waals surface area contributed by atoms with E-state index in [2.05, 4.69) is 5.32 Å². The van der Waals surface area contributed by atoms with Crippen molar-refractivity contribution in [2.24, 2.45) is 5.92 Å². The molecule has 1 saturated heterocycles. The molecule has 0 aromatic rings. The van der Waals surface area contributed by atoms with E-state index in [1.54, 1.807) is 0 Å². The van der Waals surface area contributed by atoms with Gasteiger partial charge in [0.25, 0.3) is 0 Å². The Morgan fingerprint density at radius 3 is 2.69 bits per heavy atom. The predicted molar refractivity (Wildman–Crippen MR) is 51.6 cm³/mol. The first-order valence-corrected chi connectivity index (χ1v) is 5.81. The first-order chi connectivity index (χ1) is 6.43. The van der Waals surface area contributed by atoms with E-state index in [-0.39, 0.29) is 0 Å². The van der Waals surface area contributed by atoms with Crippen LogP contribution in [-0.2, 0) is 4.74 Å². The van der Waals surface area contributed by atoms with Crippen LogP contribution in [-0.4, -0.2) is 24.8 Å². The molecule has 0 radical (unpaired) electrons. The number of ether oxygens (including phenoxy) is 1. The van der Waals surface area contributed by atoms with Gasteiger partial charge < -0.3 is 10.1 Å². The van der Waals surface area contributed by atoms with Gasteiger partial charge in [-0.3, -0.25) is 0 Å². The maximum atomic E-state index is 5.70. The van der Waals surface area contributed by atoms with Gasteiger partial charge in [0, 0.05) is 24.6 Å². The average Bonchev–Trinajstić information content (AvgIpc) is 2.03. The van der Waals surface area contributed by atoms with Gasteiger partial charge in [0.2, 0.25) is 0 Å². The summed E-state index contributed by atoms with van der Waals surface area (Å²) in [7, 11) is 0. The van der Waals surface area contributed by atoms with Gasteiger partial charge >= 0.3 is 0 Å². The third kappa shape index (κ3) is 1.40. The quantitative estimate of drug-likeness (QED) is 0.700. The van der Waals surface area contributed by atoms with E-state index in [1.807, 2.05) is 0 Å². The summed E-state index contributed by atoms with van der Waals surface area (Å²) in [6.45, 7) is 1.01. The lowest BCUT2D eigenvalue weighted by molar-refractivity contribution is -0.106. The first kappa shape index (κ1) is 8.25. The fourth-order valence-corrected chi connectivity index (χ4v) is 2.86. The van der Waals surface area contributed by atoms with E-state index in [9.17, 15) is 0 Å². The Bertz CT molecular complexity index is 191. The van der Waals surface area contributed by atoms with E-state index in [1.165, 1.54) is 38.5 Å². The summed E-state index contributed by atoms with van der Waals surface area (Å²) in [5, 5.41) is 3.77. The highest BCUT2D eigenvalue weighted by Crippen LogP contribution is 2.38. The molecule has 3 unspecified atom stereocenters. The normalized spacial score (nSPS) is 44.8. The summed E-state index contributed by atoms with van der Waals surface area (Å²) in [6.07, 6.45) is 8.84. The van der Waals surface area contributed by atoms with Gasteiger partial charge in [-0.05, 0) is 32.1 Å². The van der Waals surface area contributed by atoms with Crippen molar-refractivity contribution >= 4 is 0 Å². The van der Waals surface area contributed by atoms with Crippen molar-refractivity contribution in [3.63, 3.8) is 0 Å². The molecule has 74 valence electrons. The minimum absolute atomic E-state index is 0.617. The van der Waals surface area contributed by atoms with Crippen molar-refractivity contribution in [1.29, 1.82) is 0 Å². The van der Waals surface area contributed by atoms with Gasteiger partial charge in [-0.1, -0.05) is 6.42 Å². The van der Waals surface area contributed by atoms with Crippen molar-refractivity contribution in [1.82, 2.24) is 5.32 Å². The largest absolute Gasteiger partial charge is 0.378 e. The lowest BCUT2D eigenvalue weighted by Crippen LogP contribution is -2.59. The summed E-state index contributed by atoms with van der Waals surface area (Å²) in [5.41, 5.74) is 0. The number of fused-ring (bicyclic) bond motifs is 1. The van der Waals surface area contributed by atoms with Crippen LogP contribution in [0.1, 0.15) is 38.5 Å². The van der Waals surface area contributed by atoms with Crippen LogP contribution in [0.3, 0.4) is 0 Å². The number of nitrogens with one attached hydrogen (secondary N) is 1. The molecule has 2 nitrogen and oxygen atoms in total. The fourth-order valence-electron chi connectivity index (χ4n) is 2.86. The van der Waals surface area contributed by atoms with Crippen molar-refractivity contribution in [3.8, 4) is 0 Å². The van der Waals surface area contributed by atoms with Crippen molar-refractivity contribution < 1.29 is 4.74 Å². The van der Waals surface area contributed by atoms with Crippen LogP contribution < -0.4 is 5.32 Å². The highest BCUT2D eigenvalue weighted by atomic mass is 16.5. The van der Waals surface area contributed by atoms with Crippen LogP contribution in [0.5, 0.6) is 0 Å². The SMILES string of the molecule is C1CC(NC2CC3OCCCC23)C1. The Labute approximate surface area is 80.0 Å². The second-order valence-corrected chi connectivity index (χ2v) is 4.85. The molecular weight excluding hydrogens is 162 g/mol. The molecule has 3 fully saturated rings. The van der Waals surface area contributed by atoms with Crippen LogP contribution in [0.4, 0.5) is 0 Å². The number of hydrogen-bond donors (Lipinski definition) is 1. The molecule has 1 heterocycles. The predicted octanol–water partition coefficient (Wildman–Crippen LogP) is 1.70. The minimum Gasteiger partial charge on any atom is -0.378 e. The number of hydrogen-bond acceptors (Lipinski definition) is 2. The van der Waals surface area contributed by atoms with Gasteiger partial charge in [0.05, 0.1) is 6.10 Å². The van der Waals surface area contributed by atoms with E-state index in [4.69, 9.17) is 4.74 Å². The van der Waals surface area contributed by atoms with Crippen molar-refractivity contribution in [2.45, 2.75) is 56.7 Å². The molecule has 2 heteroatoms. The third-order valence-electron chi connectivity index (χ3n) is 4.05. The smallest absolute Gasteiger partial charge is 0.0633 e. The third-order valence-corrected chi connectivity index (χ3v) is 4.05. The zero-order valence-corrected chi connectivity index (χ0v) is 8.17. The molecule has 0 bridgehead atoms. The highest BCUT2D eigenvalue weighted by Gasteiger charge is 2.44. The molecule has 1 N–H and O–H groups in total. The summed E-state index contributed by atoms with van der Waals surface area (Å²) >= 11 is 0. The Morgan fingerprint density at radius 1 is 1.08 bits per heavy atom. The molecule has 0 aromatic carbocycles. The molecule has 0 amide bonds. The lowest BCUT2D eigenvalue weighted by atomic mass is 9.71. The molecule has 2 saturated carbocycles. The van der Waals surface area contributed by atoms with Gasteiger partial charge in [-0.15, -0.1) is 0 Å². The van der Waals surface area contributed by atoms with Crippen LogP contribution in [0.2, 0.25) is 0 Å². The molecule has 3 aliphatic rings. The molecule has 1 aliphatic heterocycles. The zero-order valence-electron chi connectivity index (χ0n) is 8.17. The summed E-state index contributed by atoms with van der Waals surface area (Å²) in [5.74, 6) is 0.856. The molecule has 13 heavy (non-hydrogen) atoms. The molecular formula is C11H19NO. The second kappa shape index (κ2) is 3.25. The van der Waals surface area contributed by atoms with Crippen molar-refractivity contribution in [3.05, 3.63) is 0 Å². The van der Waals surface area contributed by atoms with E-state index in [0.29, 0.717) is 6.10 Å². The average molecular weight is 181 g/mol. The van der Waals surface area contributed by atoms with E-state index in [0.717, 1.165) is 24.6 Å². The summed E-state index contributed by atoms with van der Waals surface area (Å²) < 4.78 is 5.70. The van der Waals surface area contributed by atoms with Crippen LogP contribution in [0.25, 0.3) is 0 Å². The van der Waals surface area contributed by atoms with Crippen LogP contribution in [0.15, 0.2) is 0 Å². The molecule has 0 spiro atoms. The van der Waals surface area contributed by atoms with Crippen LogP contribution in [0, 0.1) is 5.92 Å². The van der Waals surface area contributed by atoms with Crippen LogP contribution >= 0.6 is 0 Å². The molecule has 2 aliphatic carbocycles. The Kier molecular flexibility index (Phi) is 2.06. The van der Waals surface area contributed by atoms with E-state index >= 15 is 0 Å². The fraction of sp³-hybridized carbons (Fsp3) is 1.00. The molecule has 3 atom stereocenters. The maximum absolute atomic E-state index is 5.70. The monoisotopic (exact) mass is 181 g/mol. The Hall–Kier alpha value is -0.0800. The van der Waals surface area contributed by atoms with Gasteiger partial charge in [0.1, 0.15) is 0 Å². The highest BCUT2D eigenvalue weighted by molar-refractivity contribution is 4.99. The molecule has 3 rings (SSSR count). The van der Waals surface area contributed by atoms with Gasteiger partial charge in [-0.2, -0.15) is 0 Å². The zero-order chi connectivity index (χ0) is 8.67. The standard InChI is InChI=1S/C11H19NO/c1-3-8(4-1)12-10-7-11-9(10)5-2-6-13-11/h8-12H,1-7H2. The molecule has 0 aromatic heterocycles. The second-order valence-electron chi connectivity index (χ2n) is 4.85. The van der Waals surface area contributed by atoms with Gasteiger partial charge in [0.15, 0.2) is 0 Å². The first-order valence-electron chi connectivity index (χ1n) is 5.81. The summed E-state index contributed by atoms with van der Waals surface area (Å²) in [4.78, 5) is 0. The Balaban J connectivity index is 1.50. The topological polar surface area (TPSA) is 21.3 Å². The maximum Gasteiger partial charge on any atom is 0.0633 e. The summed E-state index contributed by atoms with van der Waals surface area (Å²) in [6, 6.07) is 1.66. The van der Waals surface area contributed by atoms with Gasteiger partial charge in [-0.25, -0.2) is 0 Å².